The Morgan fingerprint density at radius 1 is 1.27 bits per heavy atom. The third kappa shape index (κ3) is 4.71. The Balaban J connectivity index is 1.29. The van der Waals surface area contributed by atoms with Crippen LogP contribution < -0.4 is 5.32 Å². The van der Waals surface area contributed by atoms with Gasteiger partial charge in [-0.2, -0.15) is 0 Å². The van der Waals surface area contributed by atoms with Gasteiger partial charge in [0.15, 0.2) is 0 Å². The van der Waals surface area contributed by atoms with Crippen LogP contribution in [0.4, 0.5) is 0 Å². The monoisotopic (exact) mass is 432 g/mol. The van der Waals surface area contributed by atoms with E-state index in [4.69, 9.17) is 4.74 Å². The first-order valence-electron chi connectivity index (χ1n) is 11.1. The van der Waals surface area contributed by atoms with E-state index in [0.717, 1.165) is 81.1 Å². The van der Waals surface area contributed by atoms with Crippen molar-refractivity contribution in [2.24, 2.45) is 5.92 Å². The highest BCUT2D eigenvalue weighted by Crippen LogP contribution is 2.27. The van der Waals surface area contributed by atoms with Crippen LogP contribution in [0, 0.1) is 5.92 Å². The van der Waals surface area contributed by atoms with Crippen molar-refractivity contribution in [3.8, 4) is 0 Å². The zero-order valence-corrected chi connectivity index (χ0v) is 18.6. The largest absolute Gasteiger partial charge is 0.379 e. The summed E-state index contributed by atoms with van der Waals surface area (Å²) in [5.74, 6) is 0.0173. The number of fused-ring (bicyclic) bond motifs is 1. The minimum Gasteiger partial charge on any atom is -0.379 e. The standard InChI is InChI=1S/C22H32N4O3S/c1-2-26-18-6-14-30-20(18)15-19(26)22(28)25-9-3-5-17(16-25)21(27)23-7-4-8-24-10-12-29-13-11-24/h6,14-15,17H,2-5,7-13,16H2,1H3,(H,23,27). The highest BCUT2D eigenvalue weighted by molar-refractivity contribution is 7.17. The molecule has 1 atom stereocenters. The summed E-state index contributed by atoms with van der Waals surface area (Å²) in [6, 6.07) is 4.07. The number of nitrogens with one attached hydrogen (secondary N) is 1. The Hall–Kier alpha value is -1.90. The Morgan fingerprint density at radius 2 is 2.10 bits per heavy atom. The molecule has 0 bridgehead atoms. The minimum absolute atomic E-state index is 0.0464. The van der Waals surface area contributed by atoms with Gasteiger partial charge in [-0.1, -0.05) is 0 Å². The summed E-state index contributed by atoms with van der Waals surface area (Å²) < 4.78 is 8.60. The van der Waals surface area contributed by atoms with Crippen LogP contribution in [-0.4, -0.2) is 78.7 Å². The molecule has 2 amide bonds. The number of likely N-dealkylation sites (tertiary alicyclic amines) is 1. The molecule has 2 saturated heterocycles. The number of aryl methyl sites for hydroxylation is 1. The SMILES string of the molecule is CCn1c(C(=O)N2CCCC(C(=O)NCCCN3CCOCC3)C2)cc2sccc21. The van der Waals surface area contributed by atoms with Crippen LogP contribution in [0.3, 0.4) is 0 Å². The van der Waals surface area contributed by atoms with Gasteiger partial charge in [-0.05, 0) is 50.2 Å². The topological polar surface area (TPSA) is 66.8 Å². The van der Waals surface area contributed by atoms with Crippen molar-refractivity contribution in [3.63, 3.8) is 0 Å². The van der Waals surface area contributed by atoms with E-state index in [9.17, 15) is 9.59 Å². The van der Waals surface area contributed by atoms with Gasteiger partial charge in [0, 0.05) is 39.3 Å². The quantitative estimate of drug-likeness (QED) is 0.683. The summed E-state index contributed by atoms with van der Waals surface area (Å²) in [7, 11) is 0. The average molecular weight is 433 g/mol. The fraction of sp³-hybridized carbons (Fsp3) is 0.636. The Labute approximate surface area is 182 Å². The molecule has 0 aromatic carbocycles. The van der Waals surface area contributed by atoms with Crippen LogP contribution in [0.2, 0.25) is 0 Å². The Bertz CT molecular complexity index is 871. The van der Waals surface area contributed by atoms with Crippen LogP contribution in [0.15, 0.2) is 17.5 Å². The summed E-state index contributed by atoms with van der Waals surface area (Å²) in [5, 5.41) is 5.15. The first-order chi connectivity index (χ1) is 14.7. The number of amides is 2. The molecule has 4 rings (SSSR count). The lowest BCUT2D eigenvalue weighted by Crippen LogP contribution is -2.46. The fourth-order valence-electron chi connectivity index (χ4n) is 4.52. The molecule has 30 heavy (non-hydrogen) atoms. The summed E-state index contributed by atoms with van der Waals surface area (Å²) in [6.07, 6.45) is 2.67. The van der Waals surface area contributed by atoms with E-state index in [1.54, 1.807) is 11.3 Å². The molecule has 1 unspecified atom stereocenters. The van der Waals surface area contributed by atoms with E-state index in [-0.39, 0.29) is 17.7 Å². The summed E-state index contributed by atoms with van der Waals surface area (Å²) in [5.41, 5.74) is 1.86. The molecule has 164 valence electrons. The molecule has 2 aliphatic rings. The van der Waals surface area contributed by atoms with Crippen LogP contribution in [-0.2, 0) is 16.1 Å². The van der Waals surface area contributed by atoms with E-state index in [2.05, 4.69) is 33.2 Å². The maximum Gasteiger partial charge on any atom is 0.270 e. The highest BCUT2D eigenvalue weighted by Gasteiger charge is 2.30. The molecule has 7 nitrogen and oxygen atoms in total. The summed E-state index contributed by atoms with van der Waals surface area (Å²) in [4.78, 5) is 30.2. The zero-order chi connectivity index (χ0) is 20.9. The molecule has 0 spiro atoms. The lowest BCUT2D eigenvalue weighted by Gasteiger charge is -2.32. The van der Waals surface area contributed by atoms with Crippen molar-refractivity contribution in [3.05, 3.63) is 23.2 Å². The molecule has 0 saturated carbocycles. The number of carbonyl (C=O) groups excluding carboxylic acids is 2. The van der Waals surface area contributed by atoms with Crippen LogP contribution >= 0.6 is 11.3 Å². The van der Waals surface area contributed by atoms with E-state index in [1.165, 1.54) is 0 Å². The molecule has 2 aliphatic heterocycles. The second kappa shape index (κ2) is 9.94. The van der Waals surface area contributed by atoms with E-state index >= 15 is 0 Å². The molecular formula is C22H32N4O3S. The van der Waals surface area contributed by atoms with Crippen molar-refractivity contribution in [2.75, 3.05) is 52.5 Å². The van der Waals surface area contributed by atoms with Gasteiger partial charge >= 0.3 is 0 Å². The number of hydrogen-bond acceptors (Lipinski definition) is 5. The number of nitrogens with zero attached hydrogens (tertiary/aromatic N) is 3. The molecule has 2 fully saturated rings. The molecule has 0 aliphatic carbocycles. The maximum absolute atomic E-state index is 13.2. The number of aromatic nitrogens is 1. The summed E-state index contributed by atoms with van der Waals surface area (Å²) in [6.45, 7) is 9.31. The lowest BCUT2D eigenvalue weighted by atomic mass is 9.97. The fourth-order valence-corrected chi connectivity index (χ4v) is 5.34. The minimum atomic E-state index is -0.114. The van der Waals surface area contributed by atoms with Gasteiger partial charge in [0.25, 0.3) is 5.91 Å². The number of hydrogen-bond donors (Lipinski definition) is 1. The predicted octanol–water partition coefficient (Wildman–Crippen LogP) is 2.41. The van der Waals surface area contributed by atoms with Crippen molar-refractivity contribution in [2.45, 2.75) is 32.7 Å². The molecule has 2 aromatic heterocycles. The maximum atomic E-state index is 13.2. The molecule has 1 N–H and O–H groups in total. The van der Waals surface area contributed by atoms with Gasteiger partial charge in [0.05, 0.1) is 29.3 Å². The highest BCUT2D eigenvalue weighted by atomic mass is 32.1. The second-order valence-electron chi connectivity index (χ2n) is 8.13. The summed E-state index contributed by atoms with van der Waals surface area (Å²) >= 11 is 1.66. The van der Waals surface area contributed by atoms with E-state index < -0.39 is 0 Å². The Kier molecular flexibility index (Phi) is 7.07. The smallest absolute Gasteiger partial charge is 0.270 e. The van der Waals surface area contributed by atoms with Crippen molar-refractivity contribution >= 4 is 33.4 Å². The number of thiophene rings is 1. The number of ether oxygens (including phenoxy) is 1. The van der Waals surface area contributed by atoms with Crippen molar-refractivity contribution in [1.82, 2.24) is 19.7 Å². The number of carbonyl (C=O) groups is 2. The molecular weight excluding hydrogens is 400 g/mol. The van der Waals surface area contributed by atoms with E-state index in [1.807, 2.05) is 11.0 Å². The predicted molar refractivity (Wildman–Crippen MR) is 119 cm³/mol. The van der Waals surface area contributed by atoms with Crippen molar-refractivity contribution < 1.29 is 14.3 Å². The van der Waals surface area contributed by atoms with Gasteiger partial charge in [-0.3, -0.25) is 14.5 Å². The van der Waals surface area contributed by atoms with Crippen LogP contribution in [0.25, 0.3) is 10.2 Å². The molecule has 0 radical (unpaired) electrons. The van der Waals surface area contributed by atoms with Crippen LogP contribution in [0.1, 0.15) is 36.7 Å². The molecule has 8 heteroatoms. The number of morpholine rings is 1. The number of rotatable bonds is 7. The van der Waals surface area contributed by atoms with E-state index in [0.29, 0.717) is 13.1 Å². The normalized spacial score (nSPS) is 20.6. The van der Waals surface area contributed by atoms with Gasteiger partial charge in [-0.15, -0.1) is 11.3 Å². The molecule has 2 aromatic rings. The van der Waals surface area contributed by atoms with Gasteiger partial charge in [0.2, 0.25) is 5.91 Å². The Morgan fingerprint density at radius 3 is 2.90 bits per heavy atom. The molecule has 4 heterocycles. The lowest BCUT2D eigenvalue weighted by molar-refractivity contribution is -0.126. The van der Waals surface area contributed by atoms with Gasteiger partial charge < -0.3 is 19.5 Å². The third-order valence-corrected chi connectivity index (χ3v) is 7.04. The third-order valence-electron chi connectivity index (χ3n) is 6.19. The average Bonchev–Trinajstić information content (AvgIpc) is 3.38. The van der Waals surface area contributed by atoms with Crippen molar-refractivity contribution in [1.29, 1.82) is 0 Å². The first kappa shape index (κ1) is 21.3. The zero-order valence-electron chi connectivity index (χ0n) is 17.8. The van der Waals surface area contributed by atoms with Gasteiger partial charge in [-0.25, -0.2) is 0 Å². The number of piperidine rings is 1. The second-order valence-corrected chi connectivity index (χ2v) is 9.08. The van der Waals surface area contributed by atoms with Gasteiger partial charge in [0.1, 0.15) is 5.69 Å². The van der Waals surface area contributed by atoms with Crippen LogP contribution in [0.5, 0.6) is 0 Å². The first-order valence-corrected chi connectivity index (χ1v) is 12.0.